The zero-order valence-electron chi connectivity index (χ0n) is 21.1. The van der Waals surface area contributed by atoms with Crippen molar-refractivity contribution >= 4 is 32.8 Å². The van der Waals surface area contributed by atoms with Gasteiger partial charge in [0.05, 0.1) is 27.8 Å². The van der Waals surface area contributed by atoms with E-state index >= 15 is 0 Å². The van der Waals surface area contributed by atoms with Gasteiger partial charge >= 0.3 is 0 Å². The first kappa shape index (κ1) is 21.2. The largest absolute Gasteiger partial charge is 0.277 e. The summed E-state index contributed by atoms with van der Waals surface area (Å²) in [6.45, 7) is 4.64. The molecular formula is C33H23N5. The topological polar surface area (TPSA) is 56.5 Å². The van der Waals surface area contributed by atoms with E-state index in [4.69, 9.17) is 9.97 Å². The van der Waals surface area contributed by atoms with Gasteiger partial charge in [0.2, 0.25) is 5.95 Å². The molecule has 0 atom stereocenters. The van der Waals surface area contributed by atoms with Crippen LogP contribution in [0.3, 0.4) is 0 Å². The zero-order valence-corrected chi connectivity index (χ0v) is 21.1. The maximum atomic E-state index is 5.10. The molecule has 3 aromatic heterocycles. The van der Waals surface area contributed by atoms with Crippen molar-refractivity contribution in [3.05, 3.63) is 115 Å². The number of hydrogen-bond donors (Lipinski definition) is 0. The van der Waals surface area contributed by atoms with Gasteiger partial charge in [-0.1, -0.05) is 80.6 Å². The van der Waals surface area contributed by atoms with Crippen LogP contribution in [0.25, 0.3) is 61.2 Å². The number of benzene rings is 4. The molecular weight excluding hydrogens is 466 g/mol. The predicted molar refractivity (Wildman–Crippen MR) is 152 cm³/mol. The molecule has 0 unspecified atom stereocenters. The summed E-state index contributed by atoms with van der Waals surface area (Å²) in [6, 6.07) is 29.8. The Morgan fingerprint density at radius 3 is 2.26 bits per heavy atom. The molecule has 0 spiro atoms. The van der Waals surface area contributed by atoms with E-state index < -0.39 is 0 Å². The van der Waals surface area contributed by atoms with Crippen LogP contribution >= 0.6 is 0 Å². The van der Waals surface area contributed by atoms with Crippen LogP contribution < -0.4 is 0 Å². The Hall–Kier alpha value is -4.90. The Kier molecular flexibility index (Phi) is 4.22. The molecule has 5 heteroatoms. The van der Waals surface area contributed by atoms with Crippen molar-refractivity contribution in [3.8, 4) is 28.3 Å². The highest BCUT2D eigenvalue weighted by molar-refractivity contribution is 6.15. The smallest absolute Gasteiger partial charge is 0.235 e. The molecule has 38 heavy (non-hydrogen) atoms. The fourth-order valence-corrected chi connectivity index (χ4v) is 6.25. The third-order valence-corrected chi connectivity index (χ3v) is 7.95. The first-order valence-electron chi connectivity index (χ1n) is 12.8. The van der Waals surface area contributed by atoms with E-state index in [1.165, 1.54) is 27.6 Å². The Morgan fingerprint density at radius 2 is 1.42 bits per heavy atom. The van der Waals surface area contributed by atoms with Gasteiger partial charge < -0.3 is 0 Å². The predicted octanol–water partition coefficient (Wildman–Crippen LogP) is 7.49. The Morgan fingerprint density at radius 1 is 0.658 bits per heavy atom. The first-order chi connectivity index (χ1) is 18.6. The van der Waals surface area contributed by atoms with Crippen molar-refractivity contribution < 1.29 is 0 Å². The molecule has 8 rings (SSSR count). The molecule has 1 aliphatic rings. The number of rotatable bonds is 2. The van der Waals surface area contributed by atoms with Gasteiger partial charge in [0.1, 0.15) is 0 Å². The Labute approximate surface area is 219 Å². The van der Waals surface area contributed by atoms with Crippen LogP contribution in [-0.2, 0) is 5.41 Å². The summed E-state index contributed by atoms with van der Waals surface area (Å²) in [5, 5.41) is 2.29. The number of fused-ring (bicyclic) bond motifs is 8. The second kappa shape index (κ2) is 7.56. The van der Waals surface area contributed by atoms with Gasteiger partial charge in [-0.05, 0) is 40.5 Å². The van der Waals surface area contributed by atoms with E-state index in [-0.39, 0.29) is 5.41 Å². The number of nitrogens with zero attached hydrogens (tertiary/aromatic N) is 5. The van der Waals surface area contributed by atoms with Crippen LogP contribution in [0.2, 0.25) is 0 Å². The molecule has 0 aliphatic heterocycles. The fraction of sp³-hybridized carbons (Fsp3) is 0.0909. The third-order valence-electron chi connectivity index (χ3n) is 7.95. The molecule has 0 radical (unpaired) electrons. The van der Waals surface area contributed by atoms with Crippen LogP contribution in [0.5, 0.6) is 0 Å². The molecule has 7 aromatic rings. The SMILES string of the molecule is CC1(C)c2ccccc2-c2ccc3c4cc5nccnc5cc4n(-c4nccc(-c5ccccc5)n4)c3c21. The molecule has 180 valence electrons. The van der Waals surface area contributed by atoms with Crippen LogP contribution in [0.1, 0.15) is 25.0 Å². The molecule has 1 aliphatic carbocycles. The molecule has 3 heterocycles. The minimum atomic E-state index is -0.190. The summed E-state index contributed by atoms with van der Waals surface area (Å²) in [6.07, 6.45) is 5.34. The average molecular weight is 490 g/mol. The number of hydrogen-bond acceptors (Lipinski definition) is 4. The molecule has 0 amide bonds. The lowest BCUT2D eigenvalue weighted by atomic mass is 9.81. The van der Waals surface area contributed by atoms with E-state index in [1.807, 2.05) is 30.5 Å². The van der Waals surface area contributed by atoms with Gasteiger partial charge in [-0.25, -0.2) is 9.97 Å². The lowest BCUT2D eigenvalue weighted by Gasteiger charge is -2.23. The first-order valence-corrected chi connectivity index (χ1v) is 12.8. The summed E-state index contributed by atoms with van der Waals surface area (Å²) >= 11 is 0. The Balaban J connectivity index is 1.54. The van der Waals surface area contributed by atoms with Crippen molar-refractivity contribution in [2.24, 2.45) is 0 Å². The standard InChI is InChI=1S/C33H23N5/c1-33(2)25-11-7-6-10-21(25)22-12-13-23-24-18-27-28(35-17-16-34-27)19-29(24)38(31(23)30(22)33)32-36-15-14-26(37-32)20-8-4-3-5-9-20/h3-19H,1-2H3. The van der Waals surface area contributed by atoms with Gasteiger partial charge in [-0.15, -0.1) is 0 Å². The zero-order chi connectivity index (χ0) is 25.4. The normalized spacial score (nSPS) is 13.7. The highest BCUT2D eigenvalue weighted by Crippen LogP contribution is 2.52. The molecule has 0 saturated heterocycles. The summed E-state index contributed by atoms with van der Waals surface area (Å²) < 4.78 is 2.23. The summed E-state index contributed by atoms with van der Waals surface area (Å²) in [5.41, 5.74) is 10.8. The van der Waals surface area contributed by atoms with Gasteiger partial charge in [-0.2, -0.15) is 0 Å². The van der Waals surface area contributed by atoms with Crippen molar-refractivity contribution in [1.29, 1.82) is 0 Å². The summed E-state index contributed by atoms with van der Waals surface area (Å²) in [7, 11) is 0. The van der Waals surface area contributed by atoms with Crippen molar-refractivity contribution in [2.75, 3.05) is 0 Å². The minimum Gasteiger partial charge on any atom is -0.277 e. The fourth-order valence-electron chi connectivity index (χ4n) is 6.25. The van der Waals surface area contributed by atoms with Crippen LogP contribution in [0, 0.1) is 0 Å². The lowest BCUT2D eigenvalue weighted by Crippen LogP contribution is -2.17. The summed E-state index contributed by atoms with van der Waals surface area (Å²) in [5.74, 6) is 0.648. The summed E-state index contributed by atoms with van der Waals surface area (Å²) in [4.78, 5) is 19.2. The van der Waals surface area contributed by atoms with E-state index in [9.17, 15) is 0 Å². The van der Waals surface area contributed by atoms with Crippen LogP contribution in [0.15, 0.2) is 104 Å². The second-order valence-corrected chi connectivity index (χ2v) is 10.4. The highest BCUT2D eigenvalue weighted by atomic mass is 15.2. The van der Waals surface area contributed by atoms with E-state index in [1.54, 1.807) is 12.4 Å². The van der Waals surface area contributed by atoms with Crippen molar-refractivity contribution in [3.63, 3.8) is 0 Å². The molecule has 0 fully saturated rings. The molecule has 0 saturated carbocycles. The van der Waals surface area contributed by atoms with E-state index in [0.717, 1.165) is 38.7 Å². The van der Waals surface area contributed by atoms with Crippen LogP contribution in [-0.4, -0.2) is 24.5 Å². The van der Waals surface area contributed by atoms with E-state index in [0.29, 0.717) is 5.95 Å². The molecule has 0 bridgehead atoms. The van der Waals surface area contributed by atoms with Gasteiger partial charge in [-0.3, -0.25) is 14.5 Å². The van der Waals surface area contributed by atoms with Crippen molar-refractivity contribution in [1.82, 2.24) is 24.5 Å². The number of aromatic nitrogens is 5. The molecule has 4 aromatic carbocycles. The monoisotopic (exact) mass is 489 g/mol. The quantitative estimate of drug-likeness (QED) is 0.252. The third kappa shape index (κ3) is 2.81. The van der Waals surface area contributed by atoms with Gasteiger partial charge in [0.25, 0.3) is 0 Å². The average Bonchev–Trinajstić information content (AvgIpc) is 3.40. The Bertz CT molecular complexity index is 2050. The molecule has 0 N–H and O–H groups in total. The highest BCUT2D eigenvalue weighted by Gasteiger charge is 2.38. The maximum absolute atomic E-state index is 5.10. The lowest BCUT2D eigenvalue weighted by molar-refractivity contribution is 0.663. The van der Waals surface area contributed by atoms with Gasteiger partial charge in [0.15, 0.2) is 0 Å². The van der Waals surface area contributed by atoms with Gasteiger partial charge in [0, 0.05) is 40.3 Å². The van der Waals surface area contributed by atoms with Crippen molar-refractivity contribution in [2.45, 2.75) is 19.3 Å². The minimum absolute atomic E-state index is 0.190. The second-order valence-electron chi connectivity index (χ2n) is 10.4. The molecule has 5 nitrogen and oxygen atoms in total. The van der Waals surface area contributed by atoms with E-state index in [2.05, 4.69) is 89.0 Å². The maximum Gasteiger partial charge on any atom is 0.235 e. The van der Waals surface area contributed by atoms with Crippen LogP contribution in [0.4, 0.5) is 0 Å².